The van der Waals surface area contributed by atoms with Crippen molar-refractivity contribution >= 4 is 24.5 Å². The summed E-state index contributed by atoms with van der Waals surface area (Å²) in [6.07, 6.45) is 1.93. The number of carbonyl (C=O) groups is 1. The average Bonchev–Trinajstić information content (AvgIpc) is 2.33. The van der Waals surface area contributed by atoms with E-state index in [4.69, 9.17) is 0 Å². The van der Waals surface area contributed by atoms with Crippen LogP contribution in [0.1, 0.15) is 25.3 Å². The molecule has 1 atom stereocenters. The zero-order chi connectivity index (χ0) is 14.3. The normalized spacial score (nSPS) is 13.2. The number of aryl methyl sites for hydroxylation is 1. The number of benzene rings is 1. The number of thioether (sulfide) groups is 1. The Bertz CT molecular complexity index is 443. The van der Waals surface area contributed by atoms with Crippen molar-refractivity contribution in [3.05, 3.63) is 35.9 Å². The van der Waals surface area contributed by atoms with Gasteiger partial charge in [0.1, 0.15) is 0 Å². The van der Waals surface area contributed by atoms with Crippen LogP contribution >= 0.6 is 19.4 Å². The van der Waals surface area contributed by atoms with E-state index in [1.807, 2.05) is 30.3 Å². The standard InChI is InChI=1S/C13H19O4PS/c1-11(14)19-10-13(18(15,16)17)9-5-8-12-6-3-2-4-7-12/h2-4,6-7,13H,5,8-10H2,1H3,(H2,15,16,17)/t13-/m1/s1. The SMILES string of the molecule is CC(=O)SC[C@@H](CCCc1ccccc1)P(=O)(O)O. The smallest absolute Gasteiger partial charge is 0.324 e. The zero-order valence-electron chi connectivity index (χ0n) is 10.9. The Morgan fingerprint density at radius 2 is 1.95 bits per heavy atom. The summed E-state index contributed by atoms with van der Waals surface area (Å²) in [6.45, 7) is 1.41. The molecule has 0 aromatic heterocycles. The fraction of sp³-hybridized carbons (Fsp3) is 0.462. The number of hydrogen-bond donors (Lipinski definition) is 2. The molecule has 0 unspecified atom stereocenters. The Hall–Kier alpha value is -0.610. The van der Waals surface area contributed by atoms with Crippen LogP contribution in [0.25, 0.3) is 0 Å². The van der Waals surface area contributed by atoms with E-state index in [1.165, 1.54) is 6.92 Å². The first-order valence-electron chi connectivity index (χ1n) is 6.12. The van der Waals surface area contributed by atoms with Crippen LogP contribution in [0, 0.1) is 0 Å². The minimum absolute atomic E-state index is 0.110. The van der Waals surface area contributed by atoms with Crippen LogP contribution in [-0.4, -0.2) is 26.3 Å². The molecule has 0 fully saturated rings. The first kappa shape index (κ1) is 16.4. The summed E-state index contributed by atoms with van der Waals surface area (Å²) in [6, 6.07) is 9.82. The second-order valence-electron chi connectivity index (χ2n) is 4.42. The Kier molecular flexibility index (Phi) is 6.80. The number of rotatable bonds is 7. The summed E-state index contributed by atoms with van der Waals surface area (Å²) in [7, 11) is -4.13. The maximum absolute atomic E-state index is 11.4. The first-order chi connectivity index (χ1) is 8.89. The second kappa shape index (κ2) is 7.85. The molecule has 0 saturated carbocycles. The van der Waals surface area contributed by atoms with Gasteiger partial charge in [-0.1, -0.05) is 42.1 Å². The highest BCUT2D eigenvalue weighted by molar-refractivity contribution is 8.13. The van der Waals surface area contributed by atoms with Crippen LogP contribution in [0.5, 0.6) is 0 Å². The lowest BCUT2D eigenvalue weighted by Gasteiger charge is -2.17. The van der Waals surface area contributed by atoms with Crippen molar-refractivity contribution < 1.29 is 19.1 Å². The van der Waals surface area contributed by atoms with Gasteiger partial charge in [-0.05, 0) is 24.8 Å². The predicted molar refractivity (Wildman–Crippen MR) is 78.4 cm³/mol. The van der Waals surface area contributed by atoms with E-state index in [-0.39, 0.29) is 10.9 Å². The molecule has 106 valence electrons. The van der Waals surface area contributed by atoms with Crippen molar-refractivity contribution in [2.24, 2.45) is 0 Å². The van der Waals surface area contributed by atoms with Gasteiger partial charge in [0.15, 0.2) is 5.12 Å². The van der Waals surface area contributed by atoms with Gasteiger partial charge >= 0.3 is 7.60 Å². The molecule has 0 spiro atoms. The Balaban J connectivity index is 2.45. The monoisotopic (exact) mass is 302 g/mol. The molecule has 0 amide bonds. The molecule has 0 aliphatic rings. The summed E-state index contributed by atoms with van der Waals surface area (Å²) in [5, 5.41) is -0.110. The fourth-order valence-electron chi connectivity index (χ4n) is 1.75. The topological polar surface area (TPSA) is 74.6 Å². The maximum Gasteiger partial charge on any atom is 0.329 e. The molecule has 1 rings (SSSR count). The Morgan fingerprint density at radius 3 is 2.47 bits per heavy atom. The summed E-state index contributed by atoms with van der Waals surface area (Å²) < 4.78 is 11.4. The van der Waals surface area contributed by atoms with Crippen molar-refractivity contribution in [3.63, 3.8) is 0 Å². The molecule has 0 aliphatic heterocycles. The number of hydrogen-bond acceptors (Lipinski definition) is 3. The van der Waals surface area contributed by atoms with Gasteiger partial charge in [0.05, 0.1) is 5.66 Å². The third kappa shape index (κ3) is 6.92. The lowest BCUT2D eigenvalue weighted by Crippen LogP contribution is -2.13. The van der Waals surface area contributed by atoms with E-state index in [2.05, 4.69) is 0 Å². The third-order valence-corrected chi connectivity index (χ3v) is 5.41. The van der Waals surface area contributed by atoms with Crippen molar-refractivity contribution in [1.82, 2.24) is 0 Å². The lowest BCUT2D eigenvalue weighted by molar-refractivity contribution is -0.109. The third-order valence-electron chi connectivity index (χ3n) is 2.80. The molecule has 4 nitrogen and oxygen atoms in total. The van der Waals surface area contributed by atoms with Gasteiger partial charge in [0, 0.05) is 12.7 Å². The molecule has 0 radical (unpaired) electrons. The van der Waals surface area contributed by atoms with Gasteiger partial charge in [0.2, 0.25) is 0 Å². The highest BCUT2D eigenvalue weighted by Crippen LogP contribution is 2.45. The van der Waals surface area contributed by atoms with Gasteiger partial charge in [0.25, 0.3) is 0 Å². The van der Waals surface area contributed by atoms with E-state index >= 15 is 0 Å². The van der Waals surface area contributed by atoms with Gasteiger partial charge in [-0.25, -0.2) is 0 Å². The van der Waals surface area contributed by atoms with E-state index in [9.17, 15) is 19.1 Å². The zero-order valence-corrected chi connectivity index (χ0v) is 12.6. The predicted octanol–water partition coefficient (Wildman–Crippen LogP) is 2.84. The minimum Gasteiger partial charge on any atom is -0.324 e. The van der Waals surface area contributed by atoms with Crippen molar-refractivity contribution in [3.8, 4) is 0 Å². The van der Waals surface area contributed by atoms with Gasteiger partial charge in [-0.2, -0.15) is 0 Å². The van der Waals surface area contributed by atoms with E-state index in [0.29, 0.717) is 12.8 Å². The molecule has 2 N–H and O–H groups in total. The molecular formula is C13H19O4PS. The van der Waals surface area contributed by atoms with E-state index < -0.39 is 13.3 Å². The van der Waals surface area contributed by atoms with Crippen LogP contribution in [0.4, 0.5) is 0 Å². The molecule has 1 aromatic rings. The lowest BCUT2D eigenvalue weighted by atomic mass is 10.1. The molecule has 1 aromatic carbocycles. The van der Waals surface area contributed by atoms with Crippen LogP contribution in [0.3, 0.4) is 0 Å². The highest BCUT2D eigenvalue weighted by Gasteiger charge is 2.28. The number of carbonyl (C=O) groups excluding carboxylic acids is 1. The largest absolute Gasteiger partial charge is 0.329 e. The minimum atomic E-state index is -4.13. The van der Waals surface area contributed by atoms with Crippen molar-refractivity contribution in [2.45, 2.75) is 31.8 Å². The highest BCUT2D eigenvalue weighted by atomic mass is 32.2. The quantitative estimate of drug-likeness (QED) is 0.758. The summed E-state index contributed by atoms with van der Waals surface area (Å²) in [5.74, 6) is 0.189. The Labute approximate surface area is 117 Å². The average molecular weight is 302 g/mol. The van der Waals surface area contributed by atoms with Gasteiger partial charge < -0.3 is 9.79 Å². The fourth-order valence-corrected chi connectivity index (χ4v) is 3.86. The molecule has 0 saturated heterocycles. The van der Waals surface area contributed by atoms with Crippen LogP contribution in [0.2, 0.25) is 0 Å². The molecular weight excluding hydrogens is 283 g/mol. The van der Waals surface area contributed by atoms with Gasteiger partial charge in [-0.3, -0.25) is 9.36 Å². The van der Waals surface area contributed by atoms with E-state index in [1.54, 1.807) is 0 Å². The summed E-state index contributed by atoms with van der Waals surface area (Å²) in [4.78, 5) is 29.4. The molecule has 6 heteroatoms. The summed E-state index contributed by atoms with van der Waals surface area (Å²) >= 11 is 0.981. The second-order valence-corrected chi connectivity index (χ2v) is 7.53. The molecule has 0 aliphatic carbocycles. The van der Waals surface area contributed by atoms with Gasteiger partial charge in [-0.15, -0.1) is 0 Å². The summed E-state index contributed by atoms with van der Waals surface area (Å²) in [5.41, 5.74) is 0.427. The van der Waals surface area contributed by atoms with Crippen LogP contribution in [0.15, 0.2) is 30.3 Å². The Morgan fingerprint density at radius 1 is 1.32 bits per heavy atom. The maximum atomic E-state index is 11.4. The molecule has 19 heavy (non-hydrogen) atoms. The van der Waals surface area contributed by atoms with E-state index in [0.717, 1.165) is 23.7 Å². The van der Waals surface area contributed by atoms with Crippen LogP contribution < -0.4 is 0 Å². The molecule has 0 heterocycles. The van der Waals surface area contributed by atoms with Crippen molar-refractivity contribution in [1.29, 1.82) is 0 Å². The van der Waals surface area contributed by atoms with Crippen molar-refractivity contribution in [2.75, 3.05) is 5.75 Å². The van der Waals surface area contributed by atoms with Crippen LogP contribution in [-0.2, 0) is 15.8 Å². The first-order valence-corrected chi connectivity index (χ1v) is 8.79. The molecule has 0 bridgehead atoms.